The van der Waals surface area contributed by atoms with Crippen LogP contribution in [0.2, 0.25) is 0 Å². The van der Waals surface area contributed by atoms with Gasteiger partial charge in [-0.15, -0.1) is 0 Å². The molecule has 0 heterocycles. The van der Waals surface area contributed by atoms with E-state index in [-0.39, 0.29) is 24.5 Å². The molecule has 0 saturated heterocycles. The number of rotatable bonds is 42. The van der Waals surface area contributed by atoms with Crippen molar-refractivity contribution in [3.8, 4) is 0 Å². The number of aliphatic hydroxyl groups is 1. The predicted octanol–water partition coefficient (Wildman–Crippen LogP) is 12.5. The maximum Gasteiger partial charge on any atom is 0.306 e. The zero-order valence-electron chi connectivity index (χ0n) is 37.3. The van der Waals surface area contributed by atoms with Crippen molar-refractivity contribution in [2.75, 3.05) is 52.5 Å². The quantitative estimate of drug-likeness (QED) is 0.0488. The van der Waals surface area contributed by atoms with E-state index < -0.39 is 0 Å². The van der Waals surface area contributed by atoms with Gasteiger partial charge in [0.05, 0.1) is 19.8 Å². The summed E-state index contributed by atoms with van der Waals surface area (Å²) in [5.41, 5.74) is 0. The van der Waals surface area contributed by atoms with Gasteiger partial charge < -0.3 is 14.6 Å². The molecule has 7 heteroatoms. The molecular formula is C48H94N2O5. The van der Waals surface area contributed by atoms with Gasteiger partial charge in [-0.05, 0) is 70.4 Å². The van der Waals surface area contributed by atoms with Crippen LogP contribution in [0.1, 0.15) is 227 Å². The van der Waals surface area contributed by atoms with E-state index in [4.69, 9.17) is 9.47 Å². The first-order chi connectivity index (χ1) is 27.0. The molecule has 0 radical (unpaired) electrons. The van der Waals surface area contributed by atoms with Crippen LogP contribution >= 0.6 is 0 Å². The Kier molecular flexibility index (Phi) is 36.1. The Hall–Kier alpha value is -1.18. The van der Waals surface area contributed by atoms with Crippen molar-refractivity contribution in [2.45, 2.75) is 233 Å². The highest BCUT2D eigenvalue weighted by Crippen LogP contribution is 2.26. The summed E-state index contributed by atoms with van der Waals surface area (Å²) < 4.78 is 11.9. The van der Waals surface area contributed by atoms with Gasteiger partial charge in [0, 0.05) is 44.4 Å². The van der Waals surface area contributed by atoms with Crippen molar-refractivity contribution in [3.05, 3.63) is 0 Å². The normalized spacial score (nSPS) is 14.4. The van der Waals surface area contributed by atoms with Crippen molar-refractivity contribution < 1.29 is 24.2 Å². The number of aliphatic hydroxyl groups excluding tert-OH is 1. The number of nitrogens with zero attached hydrogens (tertiary/aromatic N) is 2. The fourth-order valence-electron chi connectivity index (χ4n) is 8.14. The maximum atomic E-state index is 13.3. The largest absolute Gasteiger partial charge is 0.465 e. The third kappa shape index (κ3) is 30.6. The van der Waals surface area contributed by atoms with Crippen LogP contribution in [0.3, 0.4) is 0 Å². The topological polar surface area (TPSA) is 79.3 Å². The summed E-state index contributed by atoms with van der Waals surface area (Å²) in [6.07, 6.45) is 36.2. The second kappa shape index (κ2) is 38.3. The van der Waals surface area contributed by atoms with Gasteiger partial charge in [-0.2, -0.15) is 0 Å². The summed E-state index contributed by atoms with van der Waals surface area (Å²) in [4.78, 5) is 31.2. The molecule has 1 rings (SSSR count). The Balaban J connectivity index is 2.70. The van der Waals surface area contributed by atoms with Crippen molar-refractivity contribution in [2.24, 2.45) is 11.8 Å². The van der Waals surface area contributed by atoms with Crippen LogP contribution in [-0.2, 0) is 19.1 Å². The second-order valence-corrected chi connectivity index (χ2v) is 17.3. The molecule has 1 fully saturated rings. The molecule has 1 saturated carbocycles. The summed E-state index contributed by atoms with van der Waals surface area (Å²) in [5, 5.41) is 9.65. The van der Waals surface area contributed by atoms with E-state index in [1.165, 1.54) is 141 Å². The number of hydrogen-bond acceptors (Lipinski definition) is 7. The molecule has 1 aliphatic carbocycles. The van der Waals surface area contributed by atoms with Crippen molar-refractivity contribution in [3.63, 3.8) is 0 Å². The smallest absolute Gasteiger partial charge is 0.306 e. The van der Waals surface area contributed by atoms with Crippen molar-refractivity contribution in [1.82, 2.24) is 9.80 Å². The van der Waals surface area contributed by atoms with E-state index in [1.54, 1.807) is 0 Å². The molecule has 0 aliphatic heterocycles. The van der Waals surface area contributed by atoms with Crippen molar-refractivity contribution >= 4 is 11.9 Å². The van der Waals surface area contributed by atoms with Crippen LogP contribution in [0.25, 0.3) is 0 Å². The molecule has 1 N–H and O–H groups in total. The van der Waals surface area contributed by atoms with Gasteiger partial charge in [0.1, 0.15) is 0 Å². The molecule has 2 atom stereocenters. The van der Waals surface area contributed by atoms with Crippen LogP contribution in [0, 0.1) is 11.8 Å². The Bertz CT molecular complexity index is 852. The number of unbranched alkanes of at least 4 members (excludes halogenated alkanes) is 18. The van der Waals surface area contributed by atoms with Crippen molar-refractivity contribution in [1.29, 1.82) is 0 Å². The summed E-state index contributed by atoms with van der Waals surface area (Å²) in [5.74, 6) is 0.292. The van der Waals surface area contributed by atoms with Gasteiger partial charge in [-0.1, -0.05) is 163 Å². The van der Waals surface area contributed by atoms with Gasteiger partial charge in [0.15, 0.2) is 0 Å². The summed E-state index contributed by atoms with van der Waals surface area (Å²) >= 11 is 0. The lowest BCUT2D eigenvalue weighted by Gasteiger charge is -2.39. The zero-order valence-corrected chi connectivity index (χ0v) is 37.3. The van der Waals surface area contributed by atoms with Crippen LogP contribution in [0.15, 0.2) is 0 Å². The summed E-state index contributed by atoms with van der Waals surface area (Å²) in [6, 6.07) is 0.687. The zero-order chi connectivity index (χ0) is 40.0. The fourth-order valence-corrected chi connectivity index (χ4v) is 8.14. The molecule has 55 heavy (non-hydrogen) atoms. The lowest BCUT2D eigenvalue weighted by Crippen LogP contribution is -2.45. The third-order valence-electron chi connectivity index (χ3n) is 12.2. The molecule has 0 spiro atoms. The first kappa shape index (κ1) is 51.8. The highest BCUT2D eigenvalue weighted by atomic mass is 16.5. The third-order valence-corrected chi connectivity index (χ3v) is 12.2. The minimum Gasteiger partial charge on any atom is -0.465 e. The van der Waals surface area contributed by atoms with Crippen LogP contribution in [0.5, 0.6) is 0 Å². The monoisotopic (exact) mass is 779 g/mol. The van der Waals surface area contributed by atoms with Gasteiger partial charge in [-0.3, -0.25) is 19.4 Å². The molecule has 0 aromatic heterocycles. The minimum atomic E-state index is -0.101. The molecule has 0 amide bonds. The highest BCUT2D eigenvalue weighted by Gasteiger charge is 2.25. The first-order valence-electron chi connectivity index (χ1n) is 24.4. The average Bonchev–Trinajstić information content (AvgIpc) is 3.16. The van der Waals surface area contributed by atoms with Gasteiger partial charge in [0.25, 0.3) is 0 Å². The SMILES string of the molecule is CCCCCCCCCCC(=O)OCC(CCCCN(CCN(CCO)CCCCC)C1CCC1)COC(=O)CC(CCCCCC)CCCCCCCC. The number of carbonyl (C=O) groups is 2. The maximum absolute atomic E-state index is 13.3. The Morgan fingerprint density at radius 2 is 1.00 bits per heavy atom. The highest BCUT2D eigenvalue weighted by molar-refractivity contribution is 5.70. The number of ether oxygens (including phenoxy) is 2. The lowest BCUT2D eigenvalue weighted by molar-refractivity contribution is -0.150. The van der Waals surface area contributed by atoms with Gasteiger partial charge in [-0.25, -0.2) is 0 Å². The van der Waals surface area contributed by atoms with Gasteiger partial charge >= 0.3 is 11.9 Å². The minimum absolute atomic E-state index is 0.0452. The molecule has 0 aromatic rings. The predicted molar refractivity (Wildman–Crippen MR) is 234 cm³/mol. The Morgan fingerprint density at radius 1 is 0.527 bits per heavy atom. The lowest BCUT2D eigenvalue weighted by atomic mass is 9.91. The van der Waals surface area contributed by atoms with E-state index >= 15 is 0 Å². The second-order valence-electron chi connectivity index (χ2n) is 17.3. The van der Waals surface area contributed by atoms with Crippen LogP contribution in [-0.4, -0.2) is 85.4 Å². The molecule has 2 unspecified atom stereocenters. The number of hydrogen-bond donors (Lipinski definition) is 1. The van der Waals surface area contributed by atoms with E-state index in [0.29, 0.717) is 38.0 Å². The van der Waals surface area contributed by atoms with Crippen LogP contribution in [0.4, 0.5) is 0 Å². The van der Waals surface area contributed by atoms with Crippen LogP contribution < -0.4 is 0 Å². The molecule has 7 nitrogen and oxygen atoms in total. The Morgan fingerprint density at radius 3 is 1.56 bits per heavy atom. The molecular weight excluding hydrogens is 685 g/mol. The summed E-state index contributed by atoms with van der Waals surface area (Å²) in [7, 11) is 0. The first-order valence-corrected chi connectivity index (χ1v) is 24.4. The van der Waals surface area contributed by atoms with E-state index in [2.05, 4.69) is 37.5 Å². The van der Waals surface area contributed by atoms with E-state index in [9.17, 15) is 14.7 Å². The standard InChI is InChI=1S/C48H94N2O5/c1-5-9-13-16-18-19-21-24-34-47(52)54-42-45(43-55-48(53)41-44(29-22-15-11-7-3)30-23-20-17-14-10-6-2)31-25-27-36-50(46-32-28-33-46)38-37-49(39-40-51)35-26-12-8-4/h44-46,51H,5-43H2,1-4H3. The number of esters is 2. The molecule has 326 valence electrons. The summed E-state index contributed by atoms with van der Waals surface area (Å²) in [6.45, 7) is 14.9. The molecule has 1 aliphatic rings. The fraction of sp³-hybridized carbons (Fsp3) is 0.958. The average molecular weight is 779 g/mol. The van der Waals surface area contributed by atoms with E-state index in [0.717, 1.165) is 77.7 Å². The van der Waals surface area contributed by atoms with Gasteiger partial charge in [0.2, 0.25) is 0 Å². The number of carbonyl (C=O) groups excluding carboxylic acids is 2. The van der Waals surface area contributed by atoms with E-state index in [1.807, 2.05) is 0 Å². The molecule has 0 bridgehead atoms. The molecule has 0 aromatic carbocycles. The Labute approximate surface area is 342 Å².